The van der Waals surface area contributed by atoms with Crippen molar-refractivity contribution in [3.8, 4) is 23.0 Å². The Balaban J connectivity index is 1.83. The number of rotatable bonds is 6. The third-order valence-corrected chi connectivity index (χ3v) is 3.73. The first kappa shape index (κ1) is 18.9. The number of carbonyl (C=O) groups excluding carboxylic acids is 2. The molecule has 0 saturated heterocycles. The van der Waals surface area contributed by atoms with Gasteiger partial charge in [-0.3, -0.25) is 9.59 Å². The first-order valence-corrected chi connectivity index (χ1v) is 7.83. The molecule has 0 aliphatic rings. The van der Waals surface area contributed by atoms with Gasteiger partial charge in [-0.25, -0.2) is 0 Å². The molecule has 26 heavy (non-hydrogen) atoms. The number of aromatic hydroxyl groups is 4. The van der Waals surface area contributed by atoms with E-state index in [1.165, 1.54) is 36.2 Å². The van der Waals surface area contributed by atoms with Crippen molar-refractivity contribution < 1.29 is 30.0 Å². The number of benzene rings is 2. The second-order valence-electron chi connectivity index (χ2n) is 5.79. The fraction of sp³-hybridized carbons (Fsp3) is 0.222. The van der Waals surface area contributed by atoms with Crippen LogP contribution in [0.25, 0.3) is 0 Å². The molecule has 0 aliphatic carbocycles. The lowest BCUT2D eigenvalue weighted by molar-refractivity contribution is -0.121. The molecule has 2 aromatic rings. The quantitative estimate of drug-likeness (QED) is 0.487. The maximum Gasteiger partial charge on any atom is 0.254 e. The van der Waals surface area contributed by atoms with Gasteiger partial charge in [-0.2, -0.15) is 0 Å². The molecule has 2 amide bonds. The zero-order valence-electron chi connectivity index (χ0n) is 14.1. The highest BCUT2D eigenvalue weighted by atomic mass is 16.3. The molecule has 0 aliphatic heterocycles. The van der Waals surface area contributed by atoms with E-state index in [1.54, 1.807) is 6.07 Å². The van der Waals surface area contributed by atoms with Gasteiger partial charge in [0.05, 0.1) is 6.54 Å². The van der Waals surface area contributed by atoms with Gasteiger partial charge >= 0.3 is 0 Å². The molecular formula is C18H20N2O6. The number of amides is 2. The van der Waals surface area contributed by atoms with E-state index in [0.717, 1.165) is 11.6 Å². The lowest BCUT2D eigenvalue weighted by atomic mass is 10.1. The number of hydrogen-bond acceptors (Lipinski definition) is 6. The lowest BCUT2D eigenvalue weighted by Crippen LogP contribution is -2.39. The molecule has 0 radical (unpaired) electrons. The minimum Gasteiger partial charge on any atom is -0.504 e. The molecule has 0 bridgehead atoms. The van der Waals surface area contributed by atoms with Crippen LogP contribution in [-0.4, -0.2) is 57.3 Å². The summed E-state index contributed by atoms with van der Waals surface area (Å²) in [6.07, 6.45) is 0.447. The Bertz CT molecular complexity index is 821. The number of hydrogen-bond donors (Lipinski definition) is 5. The monoisotopic (exact) mass is 360 g/mol. The van der Waals surface area contributed by atoms with Gasteiger partial charge in [-0.1, -0.05) is 6.07 Å². The molecule has 5 N–H and O–H groups in total. The van der Waals surface area contributed by atoms with E-state index < -0.39 is 11.7 Å². The van der Waals surface area contributed by atoms with Crippen LogP contribution in [0.2, 0.25) is 0 Å². The molecule has 138 valence electrons. The Kier molecular flexibility index (Phi) is 5.90. The van der Waals surface area contributed by atoms with Crippen LogP contribution in [0.3, 0.4) is 0 Å². The average Bonchev–Trinajstić information content (AvgIpc) is 2.59. The Labute approximate surface area is 149 Å². The summed E-state index contributed by atoms with van der Waals surface area (Å²) in [5.41, 5.74) is 0.889. The van der Waals surface area contributed by atoms with Crippen LogP contribution in [-0.2, 0) is 11.2 Å². The number of nitrogens with zero attached hydrogens (tertiary/aromatic N) is 1. The maximum absolute atomic E-state index is 12.2. The van der Waals surface area contributed by atoms with Crippen molar-refractivity contribution in [2.45, 2.75) is 6.42 Å². The van der Waals surface area contributed by atoms with Gasteiger partial charge in [0.1, 0.15) is 0 Å². The Morgan fingerprint density at radius 3 is 2.15 bits per heavy atom. The summed E-state index contributed by atoms with van der Waals surface area (Å²) in [4.78, 5) is 25.3. The summed E-state index contributed by atoms with van der Waals surface area (Å²) in [6, 6.07) is 8.09. The Morgan fingerprint density at radius 2 is 1.54 bits per heavy atom. The van der Waals surface area contributed by atoms with Gasteiger partial charge in [-0.15, -0.1) is 0 Å². The fourth-order valence-corrected chi connectivity index (χ4v) is 2.29. The number of phenolic OH excluding ortho intramolecular Hbond substituents is 4. The van der Waals surface area contributed by atoms with E-state index in [9.17, 15) is 30.0 Å². The molecule has 8 nitrogen and oxygen atoms in total. The molecule has 2 aromatic carbocycles. The molecule has 8 heteroatoms. The Morgan fingerprint density at radius 1 is 0.923 bits per heavy atom. The number of phenols is 4. The lowest BCUT2D eigenvalue weighted by Gasteiger charge is -2.17. The normalized spacial score (nSPS) is 10.3. The van der Waals surface area contributed by atoms with Gasteiger partial charge in [0.2, 0.25) is 5.91 Å². The molecule has 0 unspecified atom stereocenters. The summed E-state index contributed by atoms with van der Waals surface area (Å²) >= 11 is 0. The maximum atomic E-state index is 12.2. The van der Waals surface area contributed by atoms with Gasteiger partial charge in [0.25, 0.3) is 5.91 Å². The molecule has 0 saturated carbocycles. The smallest absolute Gasteiger partial charge is 0.254 e. The average molecular weight is 360 g/mol. The van der Waals surface area contributed by atoms with Crippen LogP contribution in [0.4, 0.5) is 0 Å². The molecule has 0 heterocycles. The van der Waals surface area contributed by atoms with E-state index in [1.807, 2.05) is 0 Å². The molecule has 0 aromatic heterocycles. The highest BCUT2D eigenvalue weighted by molar-refractivity contribution is 5.96. The zero-order valence-corrected chi connectivity index (χ0v) is 14.1. The van der Waals surface area contributed by atoms with E-state index in [0.29, 0.717) is 13.0 Å². The van der Waals surface area contributed by atoms with Gasteiger partial charge in [0.15, 0.2) is 23.0 Å². The first-order chi connectivity index (χ1) is 12.3. The SMILES string of the molecule is CN(CC(=O)NCCc1ccc(O)c(O)c1)C(=O)c1ccc(O)c(O)c1. The second kappa shape index (κ2) is 8.11. The first-order valence-electron chi connectivity index (χ1n) is 7.83. The van der Waals surface area contributed by atoms with E-state index in [4.69, 9.17) is 0 Å². The molecule has 0 atom stereocenters. The van der Waals surface area contributed by atoms with Crippen molar-refractivity contribution in [2.75, 3.05) is 20.1 Å². The molecule has 0 fully saturated rings. The van der Waals surface area contributed by atoms with Crippen LogP contribution in [0, 0.1) is 0 Å². The standard InChI is InChI=1S/C18H20N2O6/c1-20(18(26)12-3-5-14(22)16(24)9-12)10-17(25)19-7-6-11-2-4-13(21)15(23)8-11/h2-5,8-9,21-24H,6-7,10H2,1H3,(H,19,25). The molecular weight excluding hydrogens is 340 g/mol. The van der Waals surface area contributed by atoms with E-state index in [-0.39, 0.29) is 35.3 Å². The summed E-state index contributed by atoms with van der Waals surface area (Å²) in [7, 11) is 1.45. The zero-order chi connectivity index (χ0) is 19.3. The van der Waals surface area contributed by atoms with Crippen molar-refractivity contribution in [3.05, 3.63) is 47.5 Å². The number of likely N-dealkylation sites (N-methyl/N-ethyl adjacent to an activating group) is 1. The van der Waals surface area contributed by atoms with Crippen LogP contribution in [0.1, 0.15) is 15.9 Å². The van der Waals surface area contributed by atoms with Crippen LogP contribution < -0.4 is 5.32 Å². The minimum absolute atomic E-state index is 0.148. The largest absolute Gasteiger partial charge is 0.504 e. The summed E-state index contributed by atoms with van der Waals surface area (Å²) in [5, 5.41) is 40.0. The number of nitrogens with one attached hydrogen (secondary N) is 1. The van der Waals surface area contributed by atoms with Gasteiger partial charge in [0, 0.05) is 19.2 Å². The minimum atomic E-state index is -0.473. The van der Waals surface area contributed by atoms with Crippen LogP contribution >= 0.6 is 0 Å². The van der Waals surface area contributed by atoms with Crippen molar-refractivity contribution >= 4 is 11.8 Å². The third kappa shape index (κ3) is 4.79. The van der Waals surface area contributed by atoms with E-state index in [2.05, 4.69) is 5.32 Å². The highest BCUT2D eigenvalue weighted by Gasteiger charge is 2.16. The van der Waals surface area contributed by atoms with Crippen molar-refractivity contribution in [3.63, 3.8) is 0 Å². The van der Waals surface area contributed by atoms with Crippen molar-refractivity contribution in [2.24, 2.45) is 0 Å². The van der Waals surface area contributed by atoms with Crippen LogP contribution in [0.5, 0.6) is 23.0 Å². The summed E-state index contributed by atoms with van der Waals surface area (Å²) in [5.74, 6) is -2.02. The Hall–Kier alpha value is -3.42. The van der Waals surface area contributed by atoms with Crippen molar-refractivity contribution in [1.29, 1.82) is 0 Å². The summed E-state index contributed by atoms with van der Waals surface area (Å²) < 4.78 is 0. The predicted molar refractivity (Wildman–Crippen MR) is 93.2 cm³/mol. The molecule has 0 spiro atoms. The van der Waals surface area contributed by atoms with Crippen molar-refractivity contribution in [1.82, 2.24) is 10.2 Å². The second-order valence-corrected chi connectivity index (χ2v) is 5.79. The molecule has 2 rings (SSSR count). The van der Waals surface area contributed by atoms with Gasteiger partial charge in [-0.05, 0) is 42.3 Å². The fourth-order valence-electron chi connectivity index (χ4n) is 2.29. The van der Waals surface area contributed by atoms with E-state index >= 15 is 0 Å². The predicted octanol–water partition coefficient (Wildman–Crippen LogP) is 0.940. The van der Waals surface area contributed by atoms with Gasteiger partial charge < -0.3 is 30.6 Å². The van der Waals surface area contributed by atoms with Crippen LogP contribution in [0.15, 0.2) is 36.4 Å². The third-order valence-electron chi connectivity index (χ3n) is 3.73. The number of carbonyl (C=O) groups is 2. The topological polar surface area (TPSA) is 130 Å². The summed E-state index contributed by atoms with van der Waals surface area (Å²) in [6.45, 7) is 0.117. The highest BCUT2D eigenvalue weighted by Crippen LogP contribution is 2.25.